The zero-order valence-corrected chi connectivity index (χ0v) is 16.1. The monoisotopic (exact) mass is 397 g/mol. The van der Waals surface area contributed by atoms with Crippen LogP contribution < -0.4 is 9.47 Å². The Hall–Kier alpha value is -3.42. The number of halogens is 1. The standard InChI is InChI=1S/C21H20FN3O4/c1-27-17-10-7-14(12-18(17)28-2)21(26)25-11-3-4-16(25)20-23-19(24-29-20)13-5-8-15(22)9-6-13/h5-10,12,16H,3-4,11H2,1-2H3/t16-/m1/s1. The quantitative estimate of drug-likeness (QED) is 0.650. The molecule has 29 heavy (non-hydrogen) atoms. The molecule has 4 rings (SSSR count). The number of rotatable bonds is 5. The molecule has 1 saturated heterocycles. The largest absolute Gasteiger partial charge is 0.493 e. The van der Waals surface area contributed by atoms with Crippen molar-refractivity contribution in [3.63, 3.8) is 0 Å². The van der Waals surface area contributed by atoms with Gasteiger partial charge in [-0.15, -0.1) is 0 Å². The van der Waals surface area contributed by atoms with E-state index in [2.05, 4.69) is 10.1 Å². The first-order valence-corrected chi connectivity index (χ1v) is 9.23. The Bertz CT molecular complexity index is 1020. The van der Waals surface area contributed by atoms with Gasteiger partial charge in [0.15, 0.2) is 11.5 Å². The lowest BCUT2D eigenvalue weighted by Gasteiger charge is -2.22. The molecule has 2 heterocycles. The lowest BCUT2D eigenvalue weighted by Crippen LogP contribution is -2.30. The van der Waals surface area contributed by atoms with Crippen molar-refractivity contribution in [2.24, 2.45) is 0 Å². The van der Waals surface area contributed by atoms with Crippen molar-refractivity contribution >= 4 is 5.91 Å². The normalized spacial score (nSPS) is 16.1. The smallest absolute Gasteiger partial charge is 0.254 e. The van der Waals surface area contributed by atoms with Gasteiger partial charge in [-0.2, -0.15) is 4.98 Å². The lowest BCUT2D eigenvalue weighted by atomic mass is 10.1. The van der Waals surface area contributed by atoms with Gasteiger partial charge in [0.2, 0.25) is 11.7 Å². The summed E-state index contributed by atoms with van der Waals surface area (Å²) in [7, 11) is 3.07. The van der Waals surface area contributed by atoms with Crippen LogP contribution in [0.5, 0.6) is 11.5 Å². The maximum Gasteiger partial charge on any atom is 0.254 e. The number of nitrogens with zero attached hydrogens (tertiary/aromatic N) is 3. The van der Waals surface area contributed by atoms with Crippen LogP contribution in [0.1, 0.15) is 35.1 Å². The van der Waals surface area contributed by atoms with Gasteiger partial charge in [0.25, 0.3) is 5.91 Å². The third-order valence-corrected chi connectivity index (χ3v) is 4.97. The molecule has 1 atom stereocenters. The highest BCUT2D eigenvalue weighted by Gasteiger charge is 2.35. The molecule has 1 aliphatic heterocycles. The average Bonchev–Trinajstić information content (AvgIpc) is 3.42. The van der Waals surface area contributed by atoms with Gasteiger partial charge in [0.05, 0.1) is 14.2 Å². The molecule has 1 aliphatic rings. The Balaban J connectivity index is 1.58. The Labute approximate surface area is 167 Å². The summed E-state index contributed by atoms with van der Waals surface area (Å²) in [5.41, 5.74) is 1.14. The topological polar surface area (TPSA) is 77.7 Å². The summed E-state index contributed by atoms with van der Waals surface area (Å²) in [6, 6.07) is 10.6. The van der Waals surface area contributed by atoms with Crippen LogP contribution in [0.4, 0.5) is 4.39 Å². The lowest BCUT2D eigenvalue weighted by molar-refractivity contribution is 0.0709. The van der Waals surface area contributed by atoms with Gasteiger partial charge < -0.3 is 18.9 Å². The van der Waals surface area contributed by atoms with E-state index in [1.807, 2.05) is 0 Å². The van der Waals surface area contributed by atoms with Crippen LogP contribution in [0.15, 0.2) is 47.0 Å². The highest BCUT2D eigenvalue weighted by atomic mass is 19.1. The molecule has 7 nitrogen and oxygen atoms in total. The summed E-state index contributed by atoms with van der Waals surface area (Å²) in [6.45, 7) is 0.589. The van der Waals surface area contributed by atoms with E-state index in [0.717, 1.165) is 12.8 Å². The number of carbonyl (C=O) groups is 1. The van der Waals surface area contributed by atoms with Gasteiger partial charge in [-0.05, 0) is 55.3 Å². The first-order valence-electron chi connectivity index (χ1n) is 9.23. The fourth-order valence-electron chi connectivity index (χ4n) is 3.49. The van der Waals surface area contributed by atoms with Crippen molar-refractivity contribution < 1.29 is 23.2 Å². The van der Waals surface area contributed by atoms with Crippen molar-refractivity contribution in [1.82, 2.24) is 15.0 Å². The van der Waals surface area contributed by atoms with Crippen LogP contribution >= 0.6 is 0 Å². The fourth-order valence-corrected chi connectivity index (χ4v) is 3.49. The maximum absolute atomic E-state index is 13.1. The SMILES string of the molecule is COc1ccc(C(=O)N2CCC[C@@H]2c2nc(-c3ccc(F)cc3)no2)cc1OC. The average molecular weight is 397 g/mol. The minimum absolute atomic E-state index is 0.144. The second kappa shape index (κ2) is 7.90. The molecule has 3 aromatic rings. The molecule has 0 aliphatic carbocycles. The zero-order valence-electron chi connectivity index (χ0n) is 16.1. The molecule has 1 aromatic heterocycles. The summed E-state index contributed by atoms with van der Waals surface area (Å²) >= 11 is 0. The summed E-state index contributed by atoms with van der Waals surface area (Å²) in [5.74, 6) is 1.31. The Morgan fingerprint density at radius 1 is 1.14 bits per heavy atom. The van der Waals surface area contributed by atoms with E-state index < -0.39 is 0 Å². The van der Waals surface area contributed by atoms with E-state index in [9.17, 15) is 9.18 Å². The van der Waals surface area contributed by atoms with Crippen LogP contribution in [0.25, 0.3) is 11.4 Å². The number of benzene rings is 2. The van der Waals surface area contributed by atoms with E-state index in [-0.39, 0.29) is 17.8 Å². The van der Waals surface area contributed by atoms with Crippen molar-refractivity contribution in [2.75, 3.05) is 20.8 Å². The molecule has 1 amide bonds. The Morgan fingerprint density at radius 3 is 2.62 bits per heavy atom. The number of amides is 1. The highest BCUT2D eigenvalue weighted by molar-refractivity contribution is 5.95. The summed E-state index contributed by atoms with van der Waals surface area (Å²) < 4.78 is 29.1. The van der Waals surface area contributed by atoms with Crippen molar-refractivity contribution in [3.8, 4) is 22.9 Å². The second-order valence-corrected chi connectivity index (χ2v) is 6.69. The Kier molecular flexibility index (Phi) is 5.16. The van der Waals surface area contributed by atoms with Crippen molar-refractivity contribution in [2.45, 2.75) is 18.9 Å². The molecule has 1 fully saturated rings. The molecule has 0 unspecified atom stereocenters. The Morgan fingerprint density at radius 2 is 1.90 bits per heavy atom. The molecule has 2 aromatic carbocycles. The van der Waals surface area contributed by atoms with Crippen LogP contribution in [0.3, 0.4) is 0 Å². The van der Waals surface area contributed by atoms with Gasteiger partial charge in [-0.3, -0.25) is 4.79 Å². The van der Waals surface area contributed by atoms with E-state index >= 15 is 0 Å². The van der Waals surface area contributed by atoms with Crippen molar-refractivity contribution in [3.05, 3.63) is 59.7 Å². The fraction of sp³-hybridized carbons (Fsp3) is 0.286. The minimum Gasteiger partial charge on any atom is -0.493 e. The molecule has 0 spiro atoms. The predicted molar refractivity (Wildman–Crippen MR) is 102 cm³/mol. The van der Waals surface area contributed by atoms with E-state index in [1.165, 1.54) is 19.2 Å². The summed E-state index contributed by atoms with van der Waals surface area (Å²) in [5, 5.41) is 3.99. The van der Waals surface area contributed by atoms with E-state index in [4.69, 9.17) is 14.0 Å². The highest BCUT2D eigenvalue weighted by Crippen LogP contribution is 2.35. The van der Waals surface area contributed by atoms with Crippen LogP contribution in [-0.4, -0.2) is 41.7 Å². The number of carbonyl (C=O) groups excluding carboxylic acids is 1. The van der Waals surface area contributed by atoms with Gasteiger partial charge in [-0.25, -0.2) is 4.39 Å². The molecular weight excluding hydrogens is 377 g/mol. The van der Waals surface area contributed by atoms with E-state index in [1.54, 1.807) is 42.3 Å². The number of aromatic nitrogens is 2. The van der Waals surface area contributed by atoms with Crippen LogP contribution in [-0.2, 0) is 0 Å². The van der Waals surface area contributed by atoms with Crippen molar-refractivity contribution in [1.29, 1.82) is 0 Å². The number of ether oxygens (including phenoxy) is 2. The summed E-state index contributed by atoms with van der Waals surface area (Å²) in [6.07, 6.45) is 1.56. The first kappa shape index (κ1) is 18.9. The summed E-state index contributed by atoms with van der Waals surface area (Å²) in [4.78, 5) is 19.3. The van der Waals surface area contributed by atoms with Gasteiger partial charge >= 0.3 is 0 Å². The minimum atomic E-state index is -0.333. The molecule has 8 heteroatoms. The third-order valence-electron chi connectivity index (χ3n) is 4.97. The number of likely N-dealkylation sites (tertiary alicyclic amines) is 1. The van der Waals surface area contributed by atoms with Gasteiger partial charge in [-0.1, -0.05) is 5.16 Å². The van der Waals surface area contributed by atoms with Crippen LogP contribution in [0.2, 0.25) is 0 Å². The second-order valence-electron chi connectivity index (χ2n) is 6.69. The number of hydrogen-bond acceptors (Lipinski definition) is 6. The van der Waals surface area contributed by atoms with Crippen LogP contribution in [0, 0.1) is 5.82 Å². The molecule has 0 saturated carbocycles. The molecule has 150 valence electrons. The number of hydrogen-bond donors (Lipinski definition) is 0. The maximum atomic E-state index is 13.1. The van der Waals surface area contributed by atoms with E-state index in [0.29, 0.717) is 40.9 Å². The van der Waals surface area contributed by atoms with Gasteiger partial charge in [0.1, 0.15) is 11.9 Å². The predicted octanol–water partition coefficient (Wildman–Crippen LogP) is 3.87. The third kappa shape index (κ3) is 3.65. The molecule has 0 radical (unpaired) electrons. The molecular formula is C21H20FN3O4. The molecule has 0 bridgehead atoms. The first-order chi connectivity index (χ1) is 14.1. The van der Waals surface area contributed by atoms with Gasteiger partial charge in [0, 0.05) is 17.7 Å². The number of methoxy groups -OCH3 is 2. The molecule has 0 N–H and O–H groups in total. The zero-order chi connectivity index (χ0) is 20.4.